The van der Waals surface area contributed by atoms with Crippen LogP contribution < -0.4 is 0 Å². The number of nitrogens with zero attached hydrogens (tertiary/aromatic N) is 5. The molecule has 0 saturated heterocycles. The van der Waals surface area contributed by atoms with Gasteiger partial charge in [-0.1, -0.05) is 23.0 Å². The summed E-state index contributed by atoms with van der Waals surface area (Å²) in [6.45, 7) is 0.592. The van der Waals surface area contributed by atoms with E-state index in [9.17, 15) is 0 Å². The quantitative estimate of drug-likeness (QED) is 0.496. The van der Waals surface area contributed by atoms with E-state index in [4.69, 9.17) is 8.94 Å². The number of hydrogen-bond donors (Lipinski definition) is 0. The van der Waals surface area contributed by atoms with Crippen LogP contribution in [0.15, 0.2) is 56.3 Å². The van der Waals surface area contributed by atoms with Crippen molar-refractivity contribution in [2.24, 2.45) is 0 Å². The summed E-state index contributed by atoms with van der Waals surface area (Å²) in [6.07, 6.45) is 3.33. The van der Waals surface area contributed by atoms with Gasteiger partial charge < -0.3 is 13.5 Å². The van der Waals surface area contributed by atoms with Crippen molar-refractivity contribution in [3.8, 4) is 10.8 Å². The zero-order valence-electron chi connectivity index (χ0n) is 11.8. The van der Waals surface area contributed by atoms with Crippen LogP contribution in [0.5, 0.6) is 0 Å². The molecule has 9 heteroatoms. The van der Waals surface area contributed by atoms with Crippen molar-refractivity contribution in [3.63, 3.8) is 0 Å². The molecule has 4 aromatic rings. The maximum absolute atomic E-state index is 5.35. The minimum absolute atomic E-state index is 0.549. The van der Waals surface area contributed by atoms with Gasteiger partial charge in [0.1, 0.15) is 12.1 Å². The van der Waals surface area contributed by atoms with Crippen LogP contribution in [0.1, 0.15) is 11.6 Å². The predicted octanol–water partition coefficient (Wildman–Crippen LogP) is 3.32. The van der Waals surface area contributed by atoms with Crippen molar-refractivity contribution in [2.45, 2.75) is 17.5 Å². The summed E-state index contributed by atoms with van der Waals surface area (Å²) in [5.41, 5.74) is 0. The minimum Gasteiger partial charge on any atom is -0.467 e. The van der Waals surface area contributed by atoms with Gasteiger partial charge in [0, 0.05) is 0 Å². The van der Waals surface area contributed by atoms with Crippen molar-refractivity contribution in [3.05, 3.63) is 53.8 Å². The zero-order chi connectivity index (χ0) is 15.5. The van der Waals surface area contributed by atoms with Crippen LogP contribution in [0.25, 0.3) is 10.8 Å². The Morgan fingerprint density at radius 1 is 1.26 bits per heavy atom. The van der Waals surface area contributed by atoms with E-state index in [1.807, 2.05) is 34.2 Å². The SMILES string of the molecule is c1coc(Cn2cnnc2SCc2noc(-c3cccs3)n2)c1. The molecular formula is C14H11N5O2S2. The average Bonchev–Trinajstić information content (AvgIpc) is 3.34. The second-order valence-corrected chi connectivity index (χ2v) is 6.49. The van der Waals surface area contributed by atoms with E-state index in [0.29, 0.717) is 24.0 Å². The molecule has 23 heavy (non-hydrogen) atoms. The fourth-order valence-electron chi connectivity index (χ4n) is 1.98. The van der Waals surface area contributed by atoms with Gasteiger partial charge in [-0.3, -0.25) is 0 Å². The molecule has 4 heterocycles. The van der Waals surface area contributed by atoms with E-state index in [-0.39, 0.29) is 0 Å². The van der Waals surface area contributed by atoms with Gasteiger partial charge >= 0.3 is 0 Å². The Morgan fingerprint density at radius 3 is 3.09 bits per heavy atom. The summed E-state index contributed by atoms with van der Waals surface area (Å²) in [6, 6.07) is 7.68. The molecule has 0 spiro atoms. The first kappa shape index (κ1) is 14.2. The Labute approximate surface area is 139 Å². The van der Waals surface area contributed by atoms with Crippen molar-refractivity contribution in [1.29, 1.82) is 0 Å². The first-order valence-corrected chi connectivity index (χ1v) is 8.64. The number of thioether (sulfide) groups is 1. The normalized spacial score (nSPS) is 11.1. The molecule has 0 atom stereocenters. The van der Waals surface area contributed by atoms with E-state index in [1.165, 1.54) is 11.8 Å². The average molecular weight is 345 g/mol. The fraction of sp³-hybridized carbons (Fsp3) is 0.143. The number of rotatable bonds is 6. The van der Waals surface area contributed by atoms with Gasteiger partial charge in [0.2, 0.25) is 0 Å². The highest BCUT2D eigenvalue weighted by molar-refractivity contribution is 7.98. The zero-order valence-corrected chi connectivity index (χ0v) is 13.5. The van der Waals surface area contributed by atoms with Gasteiger partial charge in [-0.05, 0) is 23.6 Å². The number of aromatic nitrogens is 5. The van der Waals surface area contributed by atoms with Crippen molar-refractivity contribution >= 4 is 23.1 Å². The molecule has 0 aliphatic heterocycles. The van der Waals surface area contributed by atoms with Gasteiger partial charge in [-0.15, -0.1) is 21.5 Å². The third kappa shape index (κ3) is 3.20. The van der Waals surface area contributed by atoms with E-state index >= 15 is 0 Å². The first-order valence-electron chi connectivity index (χ1n) is 6.78. The molecule has 4 rings (SSSR count). The second-order valence-electron chi connectivity index (χ2n) is 4.60. The summed E-state index contributed by atoms with van der Waals surface area (Å²) >= 11 is 3.08. The van der Waals surface area contributed by atoms with E-state index in [2.05, 4.69) is 20.3 Å². The van der Waals surface area contributed by atoms with Gasteiger partial charge in [0.05, 0.1) is 23.4 Å². The molecule has 0 aromatic carbocycles. The molecule has 0 fully saturated rings. The van der Waals surface area contributed by atoms with E-state index < -0.39 is 0 Å². The van der Waals surface area contributed by atoms with Crippen LogP contribution in [0.4, 0.5) is 0 Å². The highest BCUT2D eigenvalue weighted by Gasteiger charge is 2.12. The summed E-state index contributed by atoms with van der Waals surface area (Å²) in [5, 5.41) is 14.8. The lowest BCUT2D eigenvalue weighted by Crippen LogP contribution is -1.99. The molecule has 7 nitrogen and oxygen atoms in total. The molecule has 0 saturated carbocycles. The summed E-state index contributed by atoms with van der Waals surface area (Å²) in [4.78, 5) is 5.36. The lowest BCUT2D eigenvalue weighted by Gasteiger charge is -2.02. The molecule has 4 aromatic heterocycles. The molecule has 0 N–H and O–H groups in total. The monoisotopic (exact) mass is 345 g/mol. The minimum atomic E-state index is 0.549. The third-order valence-electron chi connectivity index (χ3n) is 3.02. The highest BCUT2D eigenvalue weighted by Crippen LogP contribution is 2.25. The Balaban J connectivity index is 1.43. The van der Waals surface area contributed by atoms with Crippen LogP contribution in [0.2, 0.25) is 0 Å². The molecule has 116 valence electrons. The Kier molecular flexibility index (Phi) is 3.95. The lowest BCUT2D eigenvalue weighted by molar-refractivity contribution is 0.426. The van der Waals surface area contributed by atoms with Crippen LogP contribution >= 0.6 is 23.1 Å². The van der Waals surface area contributed by atoms with Gasteiger partial charge in [0.15, 0.2) is 11.0 Å². The standard InChI is InChI=1S/C14H11N5O2S2/c1-3-10(20-5-1)7-19-9-15-17-14(19)23-8-12-16-13(21-18-12)11-4-2-6-22-11/h1-6,9H,7-8H2. The molecule has 0 aliphatic carbocycles. The fourth-order valence-corrected chi connectivity index (χ4v) is 3.38. The third-order valence-corrected chi connectivity index (χ3v) is 4.85. The number of hydrogen-bond acceptors (Lipinski definition) is 8. The first-order chi connectivity index (χ1) is 11.4. The maximum atomic E-state index is 5.35. The molecule has 0 bridgehead atoms. The summed E-state index contributed by atoms with van der Waals surface area (Å²) in [7, 11) is 0. The van der Waals surface area contributed by atoms with Crippen molar-refractivity contribution < 1.29 is 8.94 Å². The van der Waals surface area contributed by atoms with Crippen LogP contribution in [-0.4, -0.2) is 24.9 Å². The van der Waals surface area contributed by atoms with Crippen LogP contribution in [0, 0.1) is 0 Å². The molecule has 0 amide bonds. The number of thiophene rings is 1. The van der Waals surface area contributed by atoms with E-state index in [1.54, 1.807) is 23.9 Å². The van der Waals surface area contributed by atoms with Crippen LogP contribution in [0.3, 0.4) is 0 Å². The topological polar surface area (TPSA) is 82.8 Å². The predicted molar refractivity (Wildman–Crippen MR) is 85.0 cm³/mol. The molecule has 0 unspecified atom stereocenters. The largest absolute Gasteiger partial charge is 0.467 e. The van der Waals surface area contributed by atoms with E-state index in [0.717, 1.165) is 15.8 Å². The molecule has 0 aliphatic rings. The summed E-state index contributed by atoms with van der Waals surface area (Å²) < 4.78 is 12.5. The molecular weight excluding hydrogens is 334 g/mol. The summed E-state index contributed by atoms with van der Waals surface area (Å²) in [5.74, 6) is 2.59. The van der Waals surface area contributed by atoms with Gasteiger partial charge in [-0.2, -0.15) is 4.98 Å². The van der Waals surface area contributed by atoms with Gasteiger partial charge in [-0.25, -0.2) is 0 Å². The van der Waals surface area contributed by atoms with Gasteiger partial charge in [0.25, 0.3) is 5.89 Å². The Bertz CT molecular complexity index is 867. The maximum Gasteiger partial charge on any atom is 0.268 e. The second kappa shape index (κ2) is 6.39. The van der Waals surface area contributed by atoms with Crippen molar-refractivity contribution in [2.75, 3.05) is 0 Å². The van der Waals surface area contributed by atoms with Crippen molar-refractivity contribution in [1.82, 2.24) is 24.9 Å². The number of furan rings is 1. The highest BCUT2D eigenvalue weighted by atomic mass is 32.2. The Hall–Kier alpha value is -2.39. The lowest BCUT2D eigenvalue weighted by atomic mass is 10.4. The van der Waals surface area contributed by atoms with Crippen LogP contribution in [-0.2, 0) is 12.3 Å². The molecule has 0 radical (unpaired) electrons. The smallest absolute Gasteiger partial charge is 0.268 e. The Morgan fingerprint density at radius 2 is 2.26 bits per heavy atom.